The first kappa shape index (κ1) is 16.4. The minimum atomic E-state index is -4.58. The van der Waals surface area contributed by atoms with Gasteiger partial charge in [-0.15, -0.1) is 11.3 Å². The Morgan fingerprint density at radius 2 is 1.96 bits per heavy atom. The van der Waals surface area contributed by atoms with Crippen LogP contribution in [0, 0.1) is 6.92 Å². The van der Waals surface area contributed by atoms with Crippen LogP contribution in [-0.2, 0) is 6.18 Å². The van der Waals surface area contributed by atoms with Crippen molar-refractivity contribution in [1.82, 2.24) is 29.5 Å². The topological polar surface area (TPSA) is 94.9 Å². The number of alkyl halides is 3. The number of hydrogen-bond donors (Lipinski definition) is 1. The fraction of sp³-hybridized carbons (Fsp3) is 0.133. The zero-order valence-electron chi connectivity index (χ0n) is 13.2. The fourth-order valence-corrected chi connectivity index (χ4v) is 3.25. The van der Waals surface area contributed by atoms with Crippen molar-refractivity contribution in [2.75, 3.05) is 5.73 Å². The molecular weight excluding hydrogens is 367 g/mol. The van der Waals surface area contributed by atoms with Crippen molar-refractivity contribution >= 4 is 22.9 Å². The lowest BCUT2D eigenvalue weighted by atomic mass is 10.0. The number of aryl methyl sites for hydroxylation is 1. The van der Waals surface area contributed by atoms with Crippen molar-refractivity contribution < 1.29 is 13.2 Å². The molecule has 4 aromatic heterocycles. The number of anilines is 1. The largest absolute Gasteiger partial charge is 0.433 e. The minimum absolute atomic E-state index is 0.0632. The van der Waals surface area contributed by atoms with E-state index in [0.29, 0.717) is 21.9 Å². The smallest absolute Gasteiger partial charge is 0.368 e. The van der Waals surface area contributed by atoms with Crippen LogP contribution in [0.1, 0.15) is 11.4 Å². The Kier molecular flexibility index (Phi) is 3.61. The van der Waals surface area contributed by atoms with E-state index in [0.717, 1.165) is 6.07 Å². The predicted molar refractivity (Wildman–Crippen MR) is 89.3 cm³/mol. The van der Waals surface area contributed by atoms with Crippen LogP contribution in [0.15, 0.2) is 30.0 Å². The van der Waals surface area contributed by atoms with Crippen molar-refractivity contribution in [2.24, 2.45) is 0 Å². The van der Waals surface area contributed by atoms with Crippen LogP contribution >= 0.6 is 11.3 Å². The van der Waals surface area contributed by atoms with E-state index in [-0.39, 0.29) is 17.2 Å². The van der Waals surface area contributed by atoms with Crippen LogP contribution < -0.4 is 5.73 Å². The Morgan fingerprint density at radius 1 is 1.15 bits per heavy atom. The monoisotopic (exact) mass is 377 g/mol. The molecule has 4 heterocycles. The highest BCUT2D eigenvalue weighted by molar-refractivity contribution is 7.13. The summed E-state index contributed by atoms with van der Waals surface area (Å²) in [7, 11) is 0. The Balaban J connectivity index is 2.09. The van der Waals surface area contributed by atoms with Gasteiger partial charge in [-0.25, -0.2) is 19.9 Å². The van der Waals surface area contributed by atoms with Crippen molar-refractivity contribution in [1.29, 1.82) is 0 Å². The molecule has 0 bridgehead atoms. The third-order valence-electron chi connectivity index (χ3n) is 3.62. The summed E-state index contributed by atoms with van der Waals surface area (Å²) in [5.74, 6) is 0.0632. The molecule has 0 spiro atoms. The predicted octanol–water partition coefficient (Wildman–Crippen LogP) is 3.22. The van der Waals surface area contributed by atoms with Crippen molar-refractivity contribution in [3.63, 3.8) is 0 Å². The number of thiazole rings is 1. The zero-order valence-corrected chi connectivity index (χ0v) is 14.0. The molecule has 26 heavy (non-hydrogen) atoms. The Morgan fingerprint density at radius 3 is 2.65 bits per heavy atom. The minimum Gasteiger partial charge on any atom is -0.368 e. The molecule has 0 atom stereocenters. The van der Waals surface area contributed by atoms with Gasteiger partial charge < -0.3 is 5.73 Å². The van der Waals surface area contributed by atoms with Gasteiger partial charge in [0.2, 0.25) is 5.95 Å². The van der Waals surface area contributed by atoms with Gasteiger partial charge in [-0.2, -0.15) is 22.8 Å². The van der Waals surface area contributed by atoms with Crippen LogP contribution in [0.5, 0.6) is 0 Å². The summed E-state index contributed by atoms with van der Waals surface area (Å²) in [5, 5.41) is 6.24. The van der Waals surface area contributed by atoms with E-state index in [2.05, 4.69) is 25.0 Å². The number of nitrogen functional groups attached to an aromatic ring is 1. The van der Waals surface area contributed by atoms with E-state index in [1.165, 1.54) is 35.2 Å². The molecule has 0 radical (unpaired) electrons. The normalized spacial score (nSPS) is 12.0. The molecule has 0 aliphatic carbocycles. The first-order valence-corrected chi connectivity index (χ1v) is 8.18. The van der Waals surface area contributed by atoms with Crippen LogP contribution in [0.3, 0.4) is 0 Å². The van der Waals surface area contributed by atoms with Gasteiger partial charge in [0.15, 0.2) is 5.65 Å². The van der Waals surface area contributed by atoms with Crippen LogP contribution in [0.4, 0.5) is 19.1 Å². The van der Waals surface area contributed by atoms with Gasteiger partial charge in [0.05, 0.1) is 5.56 Å². The molecule has 0 aliphatic rings. The third-order valence-corrected chi connectivity index (χ3v) is 4.40. The summed E-state index contributed by atoms with van der Waals surface area (Å²) in [6, 6.07) is 2.50. The van der Waals surface area contributed by atoms with Gasteiger partial charge in [-0.3, -0.25) is 0 Å². The molecule has 0 saturated carbocycles. The Hall–Kier alpha value is -3.08. The number of hydrogen-bond acceptors (Lipinski definition) is 7. The maximum atomic E-state index is 13.2. The molecule has 0 saturated heterocycles. The number of nitrogens with two attached hydrogens (primary N) is 1. The number of fused-ring (bicyclic) bond motifs is 1. The molecule has 11 heteroatoms. The fourth-order valence-electron chi connectivity index (χ4n) is 2.62. The highest BCUT2D eigenvalue weighted by Crippen LogP contribution is 2.38. The van der Waals surface area contributed by atoms with Crippen LogP contribution in [0.2, 0.25) is 0 Å². The van der Waals surface area contributed by atoms with E-state index >= 15 is 0 Å². The van der Waals surface area contributed by atoms with E-state index in [1.54, 1.807) is 11.6 Å². The average molecular weight is 377 g/mol. The molecule has 0 aliphatic heterocycles. The highest BCUT2D eigenvalue weighted by atomic mass is 32.1. The van der Waals surface area contributed by atoms with Gasteiger partial charge in [0.1, 0.15) is 22.7 Å². The van der Waals surface area contributed by atoms with Crippen molar-refractivity contribution in [3.8, 4) is 21.8 Å². The van der Waals surface area contributed by atoms with Gasteiger partial charge in [-0.05, 0) is 24.6 Å². The first-order valence-electron chi connectivity index (χ1n) is 7.30. The lowest BCUT2D eigenvalue weighted by Crippen LogP contribution is -2.10. The lowest BCUT2D eigenvalue weighted by Gasteiger charge is -2.13. The Labute approximate surface area is 148 Å². The van der Waals surface area contributed by atoms with Crippen LogP contribution in [0.25, 0.3) is 27.5 Å². The second-order valence-electron chi connectivity index (χ2n) is 5.41. The number of aromatic nitrogens is 6. The average Bonchev–Trinajstić information content (AvgIpc) is 3.25. The van der Waals surface area contributed by atoms with E-state index < -0.39 is 11.9 Å². The molecule has 2 N–H and O–H groups in total. The Bertz CT molecular complexity index is 1100. The van der Waals surface area contributed by atoms with Gasteiger partial charge in [0.25, 0.3) is 0 Å². The SMILES string of the molecule is Cc1cc(-c2c(-c3nccs3)nc(N)n3ncnc23)cc(C(F)(F)F)n1. The molecular formula is C15H10F3N7S. The van der Waals surface area contributed by atoms with Crippen molar-refractivity contribution in [3.05, 3.63) is 41.4 Å². The van der Waals surface area contributed by atoms with E-state index in [4.69, 9.17) is 5.73 Å². The van der Waals surface area contributed by atoms with Gasteiger partial charge in [-0.1, -0.05) is 0 Å². The summed E-state index contributed by atoms with van der Waals surface area (Å²) < 4.78 is 40.9. The zero-order chi connectivity index (χ0) is 18.5. The summed E-state index contributed by atoms with van der Waals surface area (Å²) in [5.41, 5.74) is 6.41. The molecule has 7 nitrogen and oxygen atoms in total. The molecule has 0 unspecified atom stereocenters. The number of rotatable bonds is 2. The standard InChI is InChI=1S/C15H10F3N7S/c1-7-4-8(5-9(23-7)15(16,17)18)10-11(13-20-2-3-26-13)24-14(19)25-12(10)21-6-22-25/h2-6H,1H3,(H2,19,24). The highest BCUT2D eigenvalue weighted by Gasteiger charge is 2.33. The van der Waals surface area contributed by atoms with Gasteiger partial charge >= 0.3 is 6.18 Å². The second kappa shape index (κ2) is 5.73. The summed E-state index contributed by atoms with van der Waals surface area (Å²) in [6.07, 6.45) is -1.73. The molecule has 4 rings (SSSR count). The summed E-state index contributed by atoms with van der Waals surface area (Å²) in [6.45, 7) is 1.49. The summed E-state index contributed by atoms with van der Waals surface area (Å²) >= 11 is 1.29. The second-order valence-corrected chi connectivity index (χ2v) is 6.30. The quantitative estimate of drug-likeness (QED) is 0.576. The lowest BCUT2D eigenvalue weighted by molar-refractivity contribution is -0.141. The molecule has 0 aromatic carbocycles. The van der Waals surface area contributed by atoms with E-state index in [1.807, 2.05) is 0 Å². The molecule has 132 valence electrons. The molecule has 0 fully saturated rings. The summed E-state index contributed by atoms with van der Waals surface area (Å²) in [4.78, 5) is 16.2. The molecule has 4 aromatic rings. The maximum Gasteiger partial charge on any atom is 0.433 e. The van der Waals surface area contributed by atoms with Gasteiger partial charge in [0, 0.05) is 17.3 Å². The van der Waals surface area contributed by atoms with Crippen molar-refractivity contribution in [2.45, 2.75) is 13.1 Å². The molecule has 0 amide bonds. The first-order chi connectivity index (χ1) is 12.3. The van der Waals surface area contributed by atoms with Crippen LogP contribution in [-0.4, -0.2) is 29.5 Å². The number of pyridine rings is 1. The maximum absolute atomic E-state index is 13.2. The number of halogens is 3. The number of nitrogens with zero attached hydrogens (tertiary/aromatic N) is 6. The third kappa shape index (κ3) is 2.65. The van der Waals surface area contributed by atoms with E-state index in [9.17, 15) is 13.2 Å².